The highest BCUT2D eigenvalue weighted by Crippen LogP contribution is 2.71. The van der Waals surface area contributed by atoms with E-state index in [2.05, 4.69) is 27.7 Å². The van der Waals surface area contributed by atoms with Crippen LogP contribution >= 0.6 is 0 Å². The Balaban J connectivity index is 0.820. The lowest BCUT2D eigenvalue weighted by Crippen LogP contribution is -2.68. The van der Waals surface area contributed by atoms with Crippen LogP contribution in [0.15, 0.2) is 0 Å². The van der Waals surface area contributed by atoms with Crippen LogP contribution in [0.25, 0.3) is 0 Å². The number of aliphatic hydroxyl groups is 13. The van der Waals surface area contributed by atoms with Gasteiger partial charge < -0.3 is 114 Å². The summed E-state index contributed by atoms with van der Waals surface area (Å²) in [6.07, 6.45) is -25.9. The highest BCUT2D eigenvalue weighted by Gasteiger charge is 2.69. The van der Waals surface area contributed by atoms with E-state index >= 15 is 0 Å². The van der Waals surface area contributed by atoms with Crippen molar-refractivity contribution in [2.75, 3.05) is 33.0 Å². The number of rotatable bonds is 12. The highest BCUT2D eigenvalue weighted by atomic mass is 16.8. The molecule has 4 aliphatic carbocycles. The van der Waals surface area contributed by atoms with Crippen molar-refractivity contribution in [3.05, 3.63) is 0 Å². The molecule has 10 rings (SSSR count). The molecular formula is C51H84O23. The average molecular weight is 1070 g/mol. The number of hydrogen-bond acceptors (Lipinski definition) is 23. The predicted octanol–water partition coefficient (Wildman–Crippen LogP) is -2.91. The van der Waals surface area contributed by atoms with E-state index in [-0.39, 0.29) is 23.0 Å². The smallest absolute Gasteiger partial charge is 0.187 e. The quantitative estimate of drug-likeness (QED) is 0.0872. The highest BCUT2D eigenvalue weighted by molar-refractivity contribution is 5.15. The molecule has 426 valence electrons. The molecule has 74 heavy (non-hydrogen) atoms. The summed E-state index contributed by atoms with van der Waals surface area (Å²) in [6.45, 7) is 6.96. The van der Waals surface area contributed by atoms with E-state index in [0.717, 1.165) is 58.0 Å². The molecule has 10 fully saturated rings. The SMILES string of the molecule is C[C@@H]1CC[C@@]2(OC1)O[C@H]1C[C@@H]3[C@@H]4CC[C@H]5C[C@H](O[C@@H]6O[C@H](CO)[C@H](O[C@@H]7O[C@H](CO)[C@@H](O)[C@H](O[C@@H]8O[C@H](CO)[C@@H](O)[C@H](O)[C@H]8O)[C@H]7O[C@@H]7O[C@H](CO)[C@@H](O)[C@H](O)[C@H]7O)[C@H](O)[C@H]6O)CC[C@@]5(C)[C@H]4CC[C@@]3(C)[C@H]1[C@@H]2C. The van der Waals surface area contributed by atoms with Crippen LogP contribution in [0.3, 0.4) is 0 Å². The van der Waals surface area contributed by atoms with E-state index in [0.29, 0.717) is 54.3 Å². The normalized spacial score (nSPS) is 57.6. The molecule has 0 aromatic carbocycles. The van der Waals surface area contributed by atoms with Gasteiger partial charge in [0.1, 0.15) is 97.7 Å². The Morgan fingerprint density at radius 2 is 1.01 bits per heavy atom. The Bertz CT molecular complexity index is 1880. The van der Waals surface area contributed by atoms with Crippen LogP contribution in [0.4, 0.5) is 0 Å². The van der Waals surface area contributed by atoms with Crippen LogP contribution in [-0.2, 0) is 47.4 Å². The Labute approximate surface area is 430 Å². The van der Waals surface area contributed by atoms with Gasteiger partial charge in [-0.05, 0) is 104 Å². The third-order valence-electron chi connectivity index (χ3n) is 20.4. The largest absolute Gasteiger partial charge is 0.394 e. The molecule has 32 atom stereocenters. The molecule has 10 aliphatic rings. The summed E-state index contributed by atoms with van der Waals surface area (Å²) in [7, 11) is 0. The Morgan fingerprint density at radius 3 is 1.62 bits per heavy atom. The number of aliphatic hydroxyl groups excluding tert-OH is 13. The van der Waals surface area contributed by atoms with Gasteiger partial charge in [-0.1, -0.05) is 27.7 Å². The summed E-state index contributed by atoms with van der Waals surface area (Å²) in [5, 5.41) is 140. The van der Waals surface area contributed by atoms with Crippen LogP contribution in [0.2, 0.25) is 0 Å². The molecule has 4 saturated carbocycles. The predicted molar refractivity (Wildman–Crippen MR) is 248 cm³/mol. The fourth-order valence-corrected chi connectivity index (χ4v) is 16.2. The van der Waals surface area contributed by atoms with Gasteiger partial charge >= 0.3 is 0 Å². The Hall–Kier alpha value is -0.920. The van der Waals surface area contributed by atoms with Crippen molar-refractivity contribution in [3.63, 3.8) is 0 Å². The van der Waals surface area contributed by atoms with Crippen LogP contribution in [0, 0.1) is 52.3 Å². The summed E-state index contributed by atoms with van der Waals surface area (Å²) in [5.41, 5.74) is 0.270. The van der Waals surface area contributed by atoms with Gasteiger partial charge in [0, 0.05) is 12.3 Å². The second kappa shape index (κ2) is 21.9. The fraction of sp³-hybridized carbons (Fsp3) is 1.00. The van der Waals surface area contributed by atoms with Crippen molar-refractivity contribution in [2.45, 2.75) is 233 Å². The first-order valence-electron chi connectivity index (χ1n) is 27.3. The van der Waals surface area contributed by atoms with Crippen molar-refractivity contribution in [1.29, 1.82) is 0 Å². The van der Waals surface area contributed by atoms with Crippen LogP contribution < -0.4 is 0 Å². The molecule has 0 amide bonds. The maximum absolute atomic E-state index is 11.8. The number of ether oxygens (including phenoxy) is 10. The molecule has 0 bridgehead atoms. The molecule has 0 aromatic rings. The Morgan fingerprint density at radius 1 is 0.473 bits per heavy atom. The van der Waals surface area contributed by atoms with Gasteiger partial charge in [-0.25, -0.2) is 0 Å². The summed E-state index contributed by atoms with van der Waals surface area (Å²) >= 11 is 0. The zero-order valence-corrected chi connectivity index (χ0v) is 42.7. The van der Waals surface area contributed by atoms with Crippen LogP contribution in [-0.4, -0.2) is 240 Å². The van der Waals surface area contributed by atoms with Crippen molar-refractivity contribution in [2.24, 2.45) is 52.3 Å². The second-order valence-corrected chi connectivity index (χ2v) is 24.3. The summed E-state index contributed by atoms with van der Waals surface area (Å²) < 4.78 is 61.6. The third kappa shape index (κ3) is 9.56. The molecule has 6 aliphatic heterocycles. The standard InChI is InChI=1S/C51H84O23/c1-20-7-12-51(65-19-20)21(2)32-27(74-51)14-26-24-6-5-22-13-23(8-10-49(22,3)25(24)9-11-50(26,32)4)66-45-41(64)38(61)42(31(18-55)70-45)71-48-44(73-47-40(63)37(60)34(57)29(16-53)68-47)43(35(58)30(17-54)69-48)72-46-39(62)36(59)33(56)28(15-52)67-46/h20-48,52-64H,5-19H2,1-4H3/t20-,21+,22+,23-,24-,25+,26-,27+,28-,29-,30-,31-,32+,33-,34-,35-,36+,37+,38-,39-,40-,41-,42+,43+,44-,45-,46+,47+,48+,49-,50-,51-/m1/s1. The average Bonchev–Trinajstić information content (AvgIpc) is 3.84. The Kier molecular flexibility index (Phi) is 16.6. The molecule has 0 radical (unpaired) electrons. The van der Waals surface area contributed by atoms with Crippen molar-refractivity contribution >= 4 is 0 Å². The maximum Gasteiger partial charge on any atom is 0.187 e. The summed E-state index contributed by atoms with van der Waals surface area (Å²) in [4.78, 5) is 0. The van der Waals surface area contributed by atoms with Crippen molar-refractivity contribution in [3.8, 4) is 0 Å². The molecular weight excluding hydrogens is 981 g/mol. The van der Waals surface area contributed by atoms with E-state index in [9.17, 15) is 66.4 Å². The van der Waals surface area contributed by atoms with E-state index in [1.54, 1.807) is 0 Å². The summed E-state index contributed by atoms with van der Waals surface area (Å²) in [6, 6.07) is 0. The van der Waals surface area contributed by atoms with E-state index in [1.807, 2.05) is 0 Å². The van der Waals surface area contributed by atoms with E-state index < -0.39 is 155 Å². The van der Waals surface area contributed by atoms with Gasteiger partial charge in [-0.3, -0.25) is 0 Å². The van der Waals surface area contributed by atoms with E-state index in [4.69, 9.17) is 47.4 Å². The third-order valence-corrected chi connectivity index (χ3v) is 20.4. The van der Waals surface area contributed by atoms with Gasteiger partial charge in [-0.15, -0.1) is 0 Å². The zero-order chi connectivity index (χ0) is 52.9. The summed E-state index contributed by atoms with van der Waals surface area (Å²) in [5.74, 6) is 2.99. The minimum atomic E-state index is -2.03. The molecule has 6 saturated heterocycles. The van der Waals surface area contributed by atoms with Crippen LogP contribution in [0.1, 0.15) is 91.9 Å². The molecule has 23 nitrogen and oxygen atoms in total. The van der Waals surface area contributed by atoms with Gasteiger partial charge in [0.2, 0.25) is 0 Å². The molecule has 13 N–H and O–H groups in total. The van der Waals surface area contributed by atoms with E-state index in [1.165, 1.54) is 0 Å². The van der Waals surface area contributed by atoms with Gasteiger partial charge in [0.05, 0.1) is 45.2 Å². The minimum absolute atomic E-state index is 0.0782. The van der Waals surface area contributed by atoms with Crippen LogP contribution in [0.5, 0.6) is 0 Å². The first-order chi connectivity index (χ1) is 35.2. The molecule has 0 unspecified atom stereocenters. The van der Waals surface area contributed by atoms with Gasteiger partial charge in [0.25, 0.3) is 0 Å². The van der Waals surface area contributed by atoms with Gasteiger partial charge in [0.15, 0.2) is 30.9 Å². The van der Waals surface area contributed by atoms with Crippen molar-refractivity contribution in [1.82, 2.24) is 0 Å². The molecule has 23 heteroatoms. The molecule has 0 aromatic heterocycles. The molecule has 1 spiro atoms. The lowest BCUT2D eigenvalue weighted by atomic mass is 9.44. The fourth-order valence-electron chi connectivity index (χ4n) is 16.2. The lowest BCUT2D eigenvalue weighted by molar-refractivity contribution is -0.406. The first kappa shape index (κ1) is 56.4. The molecule has 6 heterocycles. The zero-order valence-electron chi connectivity index (χ0n) is 42.7. The van der Waals surface area contributed by atoms with Gasteiger partial charge in [-0.2, -0.15) is 0 Å². The maximum atomic E-state index is 11.8. The topological polar surface area (TPSA) is 355 Å². The van der Waals surface area contributed by atoms with Crippen molar-refractivity contribution < 1.29 is 114 Å². The second-order valence-electron chi connectivity index (χ2n) is 24.3. The lowest BCUT2D eigenvalue weighted by Gasteiger charge is -2.61. The minimum Gasteiger partial charge on any atom is -0.394 e. The first-order valence-corrected chi connectivity index (χ1v) is 27.3. The monoisotopic (exact) mass is 1060 g/mol. The number of hydrogen-bond donors (Lipinski definition) is 13. The number of fused-ring (bicyclic) bond motifs is 7.